The molecule has 4 rings (SSSR count). The van der Waals surface area contributed by atoms with Crippen LogP contribution in [0.5, 0.6) is 0 Å². The first kappa shape index (κ1) is 31.8. The molecular weight excluding hydrogens is 538 g/mol. The first-order valence-electron chi connectivity index (χ1n) is 15.6. The second-order valence-electron chi connectivity index (χ2n) is 11.2. The van der Waals surface area contributed by atoms with Crippen LogP contribution in [0, 0.1) is 0 Å². The smallest absolute Gasteiger partial charge is 0.334 e. The minimum atomic E-state index is -0.473. The van der Waals surface area contributed by atoms with Crippen molar-refractivity contribution in [3.05, 3.63) is 102 Å². The van der Waals surface area contributed by atoms with E-state index >= 15 is 0 Å². The molecule has 8 nitrogen and oxygen atoms in total. The Balaban J connectivity index is 1.37. The summed E-state index contributed by atoms with van der Waals surface area (Å²) < 4.78 is 0. The number of para-hydroxylation sites is 1. The maximum absolute atomic E-state index is 13.5. The molecule has 1 heterocycles. The van der Waals surface area contributed by atoms with E-state index in [9.17, 15) is 14.4 Å². The number of likely N-dealkylation sites (tertiary alicyclic amines) is 1. The highest BCUT2D eigenvalue weighted by molar-refractivity contribution is 6.05. The molecule has 1 fully saturated rings. The van der Waals surface area contributed by atoms with Gasteiger partial charge in [-0.3, -0.25) is 14.5 Å². The second kappa shape index (κ2) is 16.5. The maximum Gasteiger partial charge on any atom is 0.334 e. The molecule has 3 N–H and O–H groups in total. The predicted molar refractivity (Wildman–Crippen MR) is 172 cm³/mol. The maximum atomic E-state index is 13.5. The van der Waals surface area contributed by atoms with Gasteiger partial charge >= 0.3 is 6.03 Å². The molecule has 0 bridgehead atoms. The van der Waals surface area contributed by atoms with Crippen LogP contribution in [-0.2, 0) is 4.79 Å². The third-order valence-electron chi connectivity index (χ3n) is 7.94. The van der Waals surface area contributed by atoms with Gasteiger partial charge in [-0.05, 0) is 42.5 Å². The molecule has 0 saturated carbocycles. The number of carbonyl (C=O) groups is 3. The molecule has 3 aromatic carbocycles. The quantitative estimate of drug-likeness (QED) is 0.175. The number of unbranched alkanes of at least 4 members (excludes halogenated alkanes) is 4. The fourth-order valence-corrected chi connectivity index (χ4v) is 5.69. The van der Waals surface area contributed by atoms with Crippen molar-refractivity contribution in [2.75, 3.05) is 24.6 Å². The molecule has 4 amide bonds. The molecule has 0 radical (unpaired) electrons. The standard InChI is InChI=1S/C35H45N5O3/c1-3-4-5-6-15-24-36-35(43)38-40(27(2)41)32-21-14-13-20-31(32)34(42)37-30-22-25-39(26-23-30)33(28-16-9-7-10-17-28)29-18-11-8-12-19-29/h7-14,16-21,30,33H,3-6,15,22-26H2,1-2H3,(H,37,42)(H2,36,38,43). The topological polar surface area (TPSA) is 93.8 Å². The third-order valence-corrected chi connectivity index (χ3v) is 7.94. The van der Waals surface area contributed by atoms with Gasteiger partial charge in [0.25, 0.3) is 5.91 Å². The lowest BCUT2D eigenvalue weighted by Crippen LogP contribution is -2.51. The van der Waals surface area contributed by atoms with Gasteiger partial charge in [-0.15, -0.1) is 0 Å². The van der Waals surface area contributed by atoms with Gasteiger partial charge in [0.05, 0.1) is 17.3 Å². The van der Waals surface area contributed by atoms with Crippen molar-refractivity contribution in [2.24, 2.45) is 0 Å². The van der Waals surface area contributed by atoms with Crippen LogP contribution in [0.15, 0.2) is 84.9 Å². The normalized spacial score (nSPS) is 13.8. The summed E-state index contributed by atoms with van der Waals surface area (Å²) >= 11 is 0. The van der Waals surface area contributed by atoms with Gasteiger partial charge in [0.15, 0.2) is 0 Å². The van der Waals surface area contributed by atoms with E-state index in [0.717, 1.165) is 56.6 Å². The van der Waals surface area contributed by atoms with E-state index < -0.39 is 6.03 Å². The van der Waals surface area contributed by atoms with E-state index in [1.54, 1.807) is 24.3 Å². The van der Waals surface area contributed by atoms with Crippen molar-refractivity contribution in [2.45, 2.75) is 70.9 Å². The average Bonchev–Trinajstić information content (AvgIpc) is 3.03. The zero-order valence-electron chi connectivity index (χ0n) is 25.4. The number of nitrogens with zero attached hydrogens (tertiary/aromatic N) is 2. The van der Waals surface area contributed by atoms with Gasteiger partial charge in [0.1, 0.15) is 0 Å². The minimum Gasteiger partial charge on any atom is -0.349 e. The first-order valence-corrected chi connectivity index (χ1v) is 15.6. The molecular formula is C35H45N5O3. The number of anilines is 1. The van der Waals surface area contributed by atoms with E-state index in [4.69, 9.17) is 0 Å². The van der Waals surface area contributed by atoms with Crippen LogP contribution in [0.3, 0.4) is 0 Å². The van der Waals surface area contributed by atoms with Gasteiger partial charge in [-0.1, -0.05) is 105 Å². The fraction of sp³-hybridized carbons (Fsp3) is 0.400. The molecule has 8 heteroatoms. The van der Waals surface area contributed by atoms with Crippen molar-refractivity contribution in [3.8, 4) is 0 Å². The predicted octanol–water partition coefficient (Wildman–Crippen LogP) is 6.21. The Morgan fingerprint density at radius 2 is 1.40 bits per heavy atom. The zero-order chi connectivity index (χ0) is 30.4. The van der Waals surface area contributed by atoms with E-state index in [1.165, 1.54) is 24.5 Å². The SMILES string of the molecule is CCCCCCCNC(=O)NN(C(C)=O)c1ccccc1C(=O)NC1CCN(C(c2ccccc2)c2ccccc2)CC1. The number of carbonyl (C=O) groups excluding carboxylic acids is 3. The highest BCUT2D eigenvalue weighted by Crippen LogP contribution is 2.31. The molecule has 1 saturated heterocycles. The van der Waals surface area contributed by atoms with Crippen molar-refractivity contribution in [3.63, 3.8) is 0 Å². The summed E-state index contributed by atoms with van der Waals surface area (Å²) in [5.41, 5.74) is 5.82. The molecule has 0 spiro atoms. The monoisotopic (exact) mass is 583 g/mol. The van der Waals surface area contributed by atoms with Crippen LogP contribution in [0.4, 0.5) is 10.5 Å². The average molecular weight is 584 g/mol. The zero-order valence-corrected chi connectivity index (χ0v) is 25.4. The van der Waals surface area contributed by atoms with E-state index in [2.05, 4.69) is 76.4 Å². The number of urea groups is 1. The van der Waals surface area contributed by atoms with Crippen LogP contribution >= 0.6 is 0 Å². The van der Waals surface area contributed by atoms with Crippen molar-refractivity contribution >= 4 is 23.5 Å². The second-order valence-corrected chi connectivity index (χ2v) is 11.2. The number of benzene rings is 3. The molecule has 1 aliphatic rings. The molecule has 0 atom stereocenters. The van der Waals surface area contributed by atoms with Gasteiger partial charge in [0.2, 0.25) is 5.91 Å². The number of rotatable bonds is 12. The van der Waals surface area contributed by atoms with Crippen LogP contribution in [-0.4, -0.2) is 48.4 Å². The van der Waals surface area contributed by atoms with Gasteiger partial charge in [-0.25, -0.2) is 15.2 Å². The Labute approximate surface area is 255 Å². The number of nitrogens with one attached hydrogen (secondary N) is 3. The van der Waals surface area contributed by atoms with E-state index in [0.29, 0.717) is 17.8 Å². The summed E-state index contributed by atoms with van der Waals surface area (Å²) in [4.78, 5) is 41.1. The minimum absolute atomic E-state index is 0.00116. The highest BCUT2D eigenvalue weighted by Gasteiger charge is 2.29. The number of amides is 4. The first-order chi connectivity index (χ1) is 21.0. The molecule has 0 unspecified atom stereocenters. The van der Waals surface area contributed by atoms with Crippen LogP contribution in [0.2, 0.25) is 0 Å². The highest BCUT2D eigenvalue weighted by atomic mass is 16.2. The van der Waals surface area contributed by atoms with E-state index in [-0.39, 0.29) is 23.9 Å². The summed E-state index contributed by atoms with van der Waals surface area (Å²) in [5.74, 6) is -0.652. The summed E-state index contributed by atoms with van der Waals surface area (Å²) in [5, 5.41) is 7.15. The van der Waals surface area contributed by atoms with Crippen molar-refractivity contribution in [1.29, 1.82) is 0 Å². The van der Waals surface area contributed by atoms with Gasteiger partial charge in [0, 0.05) is 32.6 Å². The molecule has 43 heavy (non-hydrogen) atoms. The Bertz CT molecular complexity index is 1270. The Morgan fingerprint density at radius 1 is 0.814 bits per heavy atom. The van der Waals surface area contributed by atoms with Gasteiger partial charge in [-0.2, -0.15) is 0 Å². The number of hydrogen-bond donors (Lipinski definition) is 3. The molecule has 3 aromatic rings. The number of hydrogen-bond acceptors (Lipinski definition) is 4. The lowest BCUT2D eigenvalue weighted by molar-refractivity contribution is -0.117. The largest absolute Gasteiger partial charge is 0.349 e. The third kappa shape index (κ3) is 9.16. The molecule has 0 aliphatic carbocycles. The Morgan fingerprint density at radius 3 is 2.00 bits per heavy atom. The summed E-state index contributed by atoms with van der Waals surface area (Å²) in [7, 11) is 0. The number of hydrazine groups is 1. The van der Waals surface area contributed by atoms with Crippen LogP contribution in [0.25, 0.3) is 0 Å². The summed E-state index contributed by atoms with van der Waals surface area (Å²) in [6.07, 6.45) is 7.02. The van der Waals surface area contributed by atoms with Crippen molar-refractivity contribution in [1.82, 2.24) is 21.0 Å². The lowest BCUT2D eigenvalue weighted by Gasteiger charge is -2.38. The van der Waals surface area contributed by atoms with Gasteiger partial charge < -0.3 is 10.6 Å². The lowest BCUT2D eigenvalue weighted by atomic mass is 9.94. The number of piperidine rings is 1. The Kier molecular flexibility index (Phi) is 12.2. The van der Waals surface area contributed by atoms with Crippen molar-refractivity contribution < 1.29 is 14.4 Å². The molecule has 228 valence electrons. The molecule has 0 aromatic heterocycles. The van der Waals surface area contributed by atoms with Crippen LogP contribution < -0.4 is 21.1 Å². The molecule has 1 aliphatic heterocycles. The fourth-order valence-electron chi connectivity index (χ4n) is 5.69. The Hall–Kier alpha value is -4.17. The summed E-state index contributed by atoms with van der Waals surface area (Å²) in [6.45, 7) is 5.72. The van der Waals surface area contributed by atoms with E-state index in [1.807, 2.05) is 12.1 Å². The van der Waals surface area contributed by atoms with Crippen LogP contribution in [0.1, 0.15) is 86.3 Å². The summed E-state index contributed by atoms with van der Waals surface area (Å²) in [6, 6.07) is 27.6.